The molecule has 0 saturated carbocycles. The van der Waals surface area contributed by atoms with Gasteiger partial charge in [0.2, 0.25) is 0 Å². The molecule has 0 fully saturated rings. The molecule has 0 heterocycles. The van der Waals surface area contributed by atoms with Gasteiger partial charge >= 0.3 is 0 Å². The molecule has 1 unspecified atom stereocenters. The first-order chi connectivity index (χ1) is 11.9. The normalized spacial score (nSPS) is 14.9. The minimum Gasteiger partial charge on any atom is -0.262 e. The molecule has 0 bridgehead atoms. The molecule has 25 heavy (non-hydrogen) atoms. The SMILES string of the molecule is C=C(C)\N=C/C(=C\C)C(=C/CC)/N=C(\C(=C)C)C(C)CCCCCC. The standard InChI is InChI=1S/C23H38N2/c1-9-12-13-14-16-20(8)23(18(4)5)25-22(15-10-2)21(11-3)17-24-19(6)7/h11,15,17,20H,4,6,9-10,12-14,16H2,1-3,5,7-8H3/b21-11+,22-15-,24-17-,25-23+. The van der Waals surface area contributed by atoms with Crippen LogP contribution in [0.5, 0.6) is 0 Å². The predicted octanol–water partition coefficient (Wildman–Crippen LogP) is 7.45. The van der Waals surface area contributed by atoms with Crippen molar-refractivity contribution in [2.24, 2.45) is 15.9 Å². The average Bonchev–Trinajstić information content (AvgIpc) is 2.55. The highest BCUT2D eigenvalue weighted by molar-refractivity contribution is 6.02. The van der Waals surface area contributed by atoms with Crippen LogP contribution in [-0.2, 0) is 0 Å². The highest BCUT2D eigenvalue weighted by Gasteiger charge is 2.13. The molecule has 140 valence electrons. The lowest BCUT2D eigenvalue weighted by atomic mass is 9.93. The Bertz CT molecular complexity index is 544. The summed E-state index contributed by atoms with van der Waals surface area (Å²) in [6.07, 6.45) is 13.3. The predicted molar refractivity (Wildman–Crippen MR) is 116 cm³/mol. The van der Waals surface area contributed by atoms with E-state index in [1.54, 1.807) is 0 Å². The number of rotatable bonds is 12. The minimum atomic E-state index is 0.422. The summed E-state index contributed by atoms with van der Waals surface area (Å²) in [5, 5.41) is 0. The monoisotopic (exact) mass is 342 g/mol. The zero-order valence-electron chi connectivity index (χ0n) is 17.4. The summed E-state index contributed by atoms with van der Waals surface area (Å²) >= 11 is 0. The van der Waals surface area contributed by atoms with E-state index >= 15 is 0 Å². The number of aliphatic imine (C=N–C) groups is 2. The van der Waals surface area contributed by atoms with E-state index in [9.17, 15) is 0 Å². The van der Waals surface area contributed by atoms with E-state index in [2.05, 4.69) is 58.0 Å². The van der Waals surface area contributed by atoms with Gasteiger partial charge < -0.3 is 0 Å². The summed E-state index contributed by atoms with van der Waals surface area (Å²) in [4.78, 5) is 9.35. The number of hydrogen-bond donors (Lipinski definition) is 0. The topological polar surface area (TPSA) is 24.7 Å². The summed E-state index contributed by atoms with van der Waals surface area (Å²) in [5.74, 6) is 0.422. The minimum absolute atomic E-state index is 0.422. The zero-order chi connectivity index (χ0) is 19.2. The van der Waals surface area contributed by atoms with E-state index in [-0.39, 0.29) is 0 Å². The lowest BCUT2D eigenvalue weighted by molar-refractivity contribution is 0.579. The van der Waals surface area contributed by atoms with Crippen molar-refractivity contribution in [3.05, 3.63) is 47.9 Å². The van der Waals surface area contributed by atoms with Gasteiger partial charge in [-0.3, -0.25) is 9.98 Å². The average molecular weight is 343 g/mol. The highest BCUT2D eigenvalue weighted by Crippen LogP contribution is 2.20. The second kappa shape index (κ2) is 13.6. The van der Waals surface area contributed by atoms with E-state index in [0.29, 0.717) is 5.92 Å². The highest BCUT2D eigenvalue weighted by atomic mass is 14.8. The summed E-state index contributed by atoms with van der Waals surface area (Å²) in [6.45, 7) is 20.6. The Kier molecular flexibility index (Phi) is 12.7. The van der Waals surface area contributed by atoms with Crippen LogP contribution in [-0.4, -0.2) is 11.9 Å². The summed E-state index contributed by atoms with van der Waals surface area (Å²) < 4.78 is 0. The smallest absolute Gasteiger partial charge is 0.0677 e. The summed E-state index contributed by atoms with van der Waals surface area (Å²) in [7, 11) is 0. The fourth-order valence-electron chi connectivity index (χ4n) is 2.66. The van der Waals surface area contributed by atoms with Gasteiger partial charge in [0.15, 0.2) is 0 Å². The maximum atomic E-state index is 5.00. The quantitative estimate of drug-likeness (QED) is 0.200. The maximum absolute atomic E-state index is 5.00. The van der Waals surface area contributed by atoms with Crippen molar-refractivity contribution >= 4 is 11.9 Å². The largest absolute Gasteiger partial charge is 0.262 e. The molecule has 0 radical (unpaired) electrons. The fraction of sp³-hybridized carbons (Fsp3) is 0.565. The Morgan fingerprint density at radius 3 is 2.24 bits per heavy atom. The molecule has 0 rings (SSSR count). The van der Waals surface area contributed by atoms with E-state index in [0.717, 1.165) is 41.1 Å². The van der Waals surface area contributed by atoms with Crippen LogP contribution in [0.1, 0.15) is 80.1 Å². The third-order valence-corrected chi connectivity index (χ3v) is 4.06. The van der Waals surface area contributed by atoms with Crippen LogP contribution in [0.25, 0.3) is 0 Å². The van der Waals surface area contributed by atoms with Gasteiger partial charge in [0.1, 0.15) is 0 Å². The molecular formula is C23H38N2. The first kappa shape index (κ1) is 23.3. The molecule has 0 aromatic heterocycles. The molecule has 0 spiro atoms. The molecule has 0 aromatic rings. The maximum Gasteiger partial charge on any atom is 0.0677 e. The van der Waals surface area contributed by atoms with Gasteiger partial charge in [-0.25, -0.2) is 0 Å². The molecule has 2 nitrogen and oxygen atoms in total. The molecule has 0 aromatic carbocycles. The van der Waals surface area contributed by atoms with Crippen molar-refractivity contribution in [2.45, 2.75) is 80.1 Å². The molecule has 0 aliphatic carbocycles. The molecule has 0 N–H and O–H groups in total. The van der Waals surface area contributed by atoms with Crippen molar-refractivity contribution in [3.63, 3.8) is 0 Å². The number of allylic oxidation sites excluding steroid dienone is 5. The second-order valence-electron chi connectivity index (χ2n) is 6.76. The summed E-state index contributed by atoms with van der Waals surface area (Å²) in [6, 6.07) is 0. The van der Waals surface area contributed by atoms with E-state index in [1.807, 2.05) is 20.1 Å². The van der Waals surface area contributed by atoms with Crippen LogP contribution >= 0.6 is 0 Å². The molecule has 2 heteroatoms. The van der Waals surface area contributed by atoms with Crippen LogP contribution in [0, 0.1) is 5.92 Å². The molecule has 0 aliphatic rings. The molecular weight excluding hydrogens is 304 g/mol. The summed E-state index contributed by atoms with van der Waals surface area (Å²) in [5.41, 5.74) is 4.97. The molecule has 0 aliphatic heterocycles. The van der Waals surface area contributed by atoms with Crippen LogP contribution in [0.2, 0.25) is 0 Å². The van der Waals surface area contributed by atoms with E-state index < -0.39 is 0 Å². The van der Waals surface area contributed by atoms with Gasteiger partial charge in [0.25, 0.3) is 0 Å². The van der Waals surface area contributed by atoms with E-state index in [4.69, 9.17) is 4.99 Å². The lowest BCUT2D eigenvalue weighted by Gasteiger charge is -2.16. The van der Waals surface area contributed by atoms with Crippen LogP contribution in [0.4, 0.5) is 0 Å². The molecule has 1 atom stereocenters. The third-order valence-electron chi connectivity index (χ3n) is 4.06. The number of unbranched alkanes of at least 4 members (excludes halogenated alkanes) is 3. The van der Waals surface area contributed by atoms with Crippen LogP contribution in [0.15, 0.2) is 57.8 Å². The second-order valence-corrected chi connectivity index (χ2v) is 6.76. The third kappa shape index (κ3) is 10.0. The van der Waals surface area contributed by atoms with Crippen molar-refractivity contribution in [1.29, 1.82) is 0 Å². The van der Waals surface area contributed by atoms with Gasteiger partial charge in [-0.2, -0.15) is 0 Å². The van der Waals surface area contributed by atoms with Gasteiger partial charge in [-0.1, -0.05) is 71.8 Å². The Balaban J connectivity index is 5.48. The zero-order valence-corrected chi connectivity index (χ0v) is 17.4. The van der Waals surface area contributed by atoms with Gasteiger partial charge in [0.05, 0.1) is 5.70 Å². The number of hydrogen-bond acceptors (Lipinski definition) is 2. The van der Waals surface area contributed by atoms with Crippen molar-refractivity contribution in [1.82, 2.24) is 0 Å². The van der Waals surface area contributed by atoms with Crippen molar-refractivity contribution in [3.8, 4) is 0 Å². The Hall–Kier alpha value is -1.70. The van der Waals surface area contributed by atoms with Crippen molar-refractivity contribution < 1.29 is 0 Å². The Morgan fingerprint density at radius 2 is 1.76 bits per heavy atom. The van der Waals surface area contributed by atoms with Gasteiger partial charge in [-0.15, -0.1) is 0 Å². The van der Waals surface area contributed by atoms with Crippen LogP contribution < -0.4 is 0 Å². The number of nitrogens with zero attached hydrogens (tertiary/aromatic N) is 2. The van der Waals surface area contributed by atoms with Gasteiger partial charge in [0, 0.05) is 23.2 Å². The van der Waals surface area contributed by atoms with Gasteiger partial charge in [-0.05, 0) is 45.1 Å². The Labute approximate surface area is 156 Å². The Morgan fingerprint density at radius 1 is 1.08 bits per heavy atom. The fourth-order valence-corrected chi connectivity index (χ4v) is 2.66. The first-order valence-electron chi connectivity index (χ1n) is 9.68. The lowest BCUT2D eigenvalue weighted by Crippen LogP contribution is -2.13. The van der Waals surface area contributed by atoms with Crippen LogP contribution in [0.3, 0.4) is 0 Å². The molecule has 0 amide bonds. The van der Waals surface area contributed by atoms with Crippen molar-refractivity contribution in [2.75, 3.05) is 0 Å². The first-order valence-corrected chi connectivity index (χ1v) is 9.68. The van der Waals surface area contributed by atoms with E-state index in [1.165, 1.54) is 25.7 Å². The molecule has 0 saturated heterocycles.